The Morgan fingerprint density at radius 3 is 3.00 bits per heavy atom. The zero-order valence-electron chi connectivity index (χ0n) is 10.8. The number of anilines is 1. The zero-order valence-corrected chi connectivity index (χ0v) is 10.8. The average molecular weight is 266 g/mol. The van der Waals surface area contributed by atoms with Crippen LogP contribution in [0.3, 0.4) is 0 Å². The van der Waals surface area contributed by atoms with Crippen molar-refractivity contribution in [3.05, 3.63) is 18.2 Å². The SMILES string of the molecule is COC(CN)CC(=O)Nc1cccc2c1OCCO2. The van der Waals surface area contributed by atoms with Crippen molar-refractivity contribution in [3.8, 4) is 11.5 Å². The molecule has 0 saturated carbocycles. The summed E-state index contributed by atoms with van der Waals surface area (Å²) in [6, 6.07) is 5.39. The Kier molecular flexibility index (Phi) is 4.59. The molecular weight excluding hydrogens is 248 g/mol. The van der Waals surface area contributed by atoms with E-state index in [1.54, 1.807) is 12.1 Å². The van der Waals surface area contributed by atoms with Crippen LogP contribution in [0.2, 0.25) is 0 Å². The highest BCUT2D eigenvalue weighted by atomic mass is 16.6. The van der Waals surface area contributed by atoms with Crippen molar-refractivity contribution in [1.29, 1.82) is 0 Å². The largest absolute Gasteiger partial charge is 0.486 e. The third-order valence-electron chi connectivity index (χ3n) is 2.85. The molecule has 0 aromatic heterocycles. The van der Waals surface area contributed by atoms with Crippen LogP contribution in [0.4, 0.5) is 5.69 Å². The van der Waals surface area contributed by atoms with Crippen LogP contribution < -0.4 is 20.5 Å². The summed E-state index contributed by atoms with van der Waals surface area (Å²) in [7, 11) is 1.53. The summed E-state index contributed by atoms with van der Waals surface area (Å²) >= 11 is 0. The molecule has 0 radical (unpaired) electrons. The van der Waals surface area contributed by atoms with Crippen LogP contribution in [-0.2, 0) is 9.53 Å². The molecule has 6 heteroatoms. The number of benzene rings is 1. The monoisotopic (exact) mass is 266 g/mol. The molecule has 1 amide bonds. The summed E-state index contributed by atoms with van der Waals surface area (Å²) in [5, 5.41) is 2.79. The summed E-state index contributed by atoms with van der Waals surface area (Å²) in [4.78, 5) is 11.9. The summed E-state index contributed by atoms with van der Waals surface area (Å²) < 4.78 is 16.0. The molecule has 1 heterocycles. The van der Waals surface area contributed by atoms with E-state index in [-0.39, 0.29) is 18.4 Å². The van der Waals surface area contributed by atoms with Crippen LogP contribution in [0, 0.1) is 0 Å². The number of hydrogen-bond acceptors (Lipinski definition) is 5. The minimum absolute atomic E-state index is 0.167. The molecule has 3 N–H and O–H groups in total. The first kappa shape index (κ1) is 13.6. The Balaban J connectivity index is 2.05. The highest BCUT2D eigenvalue weighted by molar-refractivity contribution is 5.93. The highest BCUT2D eigenvalue weighted by Gasteiger charge is 2.18. The fourth-order valence-corrected chi connectivity index (χ4v) is 1.84. The van der Waals surface area contributed by atoms with E-state index in [9.17, 15) is 4.79 Å². The predicted octanol–water partition coefficient (Wildman–Crippen LogP) is 0.760. The maximum absolute atomic E-state index is 11.9. The molecule has 0 fully saturated rings. The van der Waals surface area contributed by atoms with E-state index < -0.39 is 0 Å². The predicted molar refractivity (Wildman–Crippen MR) is 70.5 cm³/mol. The average Bonchev–Trinajstić information content (AvgIpc) is 2.45. The van der Waals surface area contributed by atoms with Gasteiger partial charge in [0.2, 0.25) is 5.91 Å². The maximum Gasteiger partial charge on any atom is 0.227 e. The van der Waals surface area contributed by atoms with Crippen LogP contribution >= 0.6 is 0 Å². The maximum atomic E-state index is 11.9. The van der Waals surface area contributed by atoms with Crippen LogP contribution in [-0.4, -0.2) is 38.9 Å². The Labute approximate surface area is 111 Å². The van der Waals surface area contributed by atoms with Crippen molar-refractivity contribution in [2.24, 2.45) is 5.73 Å². The summed E-state index contributed by atoms with van der Waals surface area (Å²) in [5.41, 5.74) is 6.09. The van der Waals surface area contributed by atoms with E-state index in [0.717, 1.165) is 0 Å². The van der Waals surface area contributed by atoms with Crippen molar-refractivity contribution in [2.75, 3.05) is 32.2 Å². The lowest BCUT2D eigenvalue weighted by atomic mass is 10.2. The molecule has 1 unspecified atom stereocenters. The van der Waals surface area contributed by atoms with Gasteiger partial charge in [-0.2, -0.15) is 0 Å². The van der Waals surface area contributed by atoms with Crippen LogP contribution in [0.1, 0.15) is 6.42 Å². The standard InChI is InChI=1S/C13H18N2O4/c1-17-9(8-14)7-12(16)15-10-3-2-4-11-13(10)19-6-5-18-11/h2-4,9H,5-8,14H2,1H3,(H,15,16). The first-order chi connectivity index (χ1) is 9.24. The topological polar surface area (TPSA) is 82.8 Å². The molecule has 0 saturated heterocycles. The van der Waals surface area contributed by atoms with Crippen LogP contribution in [0.5, 0.6) is 11.5 Å². The second-order valence-electron chi connectivity index (χ2n) is 4.18. The van der Waals surface area contributed by atoms with Gasteiger partial charge in [-0.05, 0) is 12.1 Å². The molecule has 1 aliphatic rings. The van der Waals surface area contributed by atoms with Gasteiger partial charge in [-0.25, -0.2) is 0 Å². The Bertz CT molecular complexity index is 446. The van der Waals surface area contributed by atoms with Crippen LogP contribution in [0.25, 0.3) is 0 Å². The second kappa shape index (κ2) is 6.40. The quantitative estimate of drug-likeness (QED) is 0.822. The lowest BCUT2D eigenvalue weighted by Crippen LogP contribution is -2.28. The molecule has 0 aliphatic carbocycles. The third-order valence-corrected chi connectivity index (χ3v) is 2.85. The van der Waals surface area contributed by atoms with Crippen molar-refractivity contribution in [2.45, 2.75) is 12.5 Å². The third kappa shape index (κ3) is 3.36. The zero-order chi connectivity index (χ0) is 13.7. The summed E-state index contributed by atoms with van der Waals surface area (Å²) in [6.07, 6.45) is -0.0749. The van der Waals surface area contributed by atoms with E-state index >= 15 is 0 Å². The van der Waals surface area contributed by atoms with Gasteiger partial charge in [0, 0.05) is 13.7 Å². The number of methoxy groups -OCH3 is 1. The van der Waals surface area contributed by atoms with Crippen LogP contribution in [0.15, 0.2) is 18.2 Å². The molecule has 0 bridgehead atoms. The van der Waals surface area contributed by atoms with Crippen molar-refractivity contribution < 1.29 is 19.0 Å². The van der Waals surface area contributed by atoms with Gasteiger partial charge in [-0.1, -0.05) is 6.07 Å². The van der Waals surface area contributed by atoms with E-state index in [1.165, 1.54) is 7.11 Å². The normalized spacial score (nSPS) is 14.8. The number of rotatable bonds is 5. The molecule has 0 spiro atoms. The Morgan fingerprint density at radius 2 is 2.26 bits per heavy atom. The molecule has 19 heavy (non-hydrogen) atoms. The Morgan fingerprint density at radius 1 is 1.47 bits per heavy atom. The first-order valence-corrected chi connectivity index (χ1v) is 6.16. The van der Waals surface area contributed by atoms with E-state index in [2.05, 4.69) is 5.32 Å². The minimum Gasteiger partial charge on any atom is -0.486 e. The summed E-state index contributed by atoms with van der Waals surface area (Å²) in [5.74, 6) is 1.05. The number of amides is 1. The molecule has 1 aliphatic heterocycles. The van der Waals surface area contributed by atoms with Gasteiger partial charge in [0.25, 0.3) is 0 Å². The van der Waals surface area contributed by atoms with Gasteiger partial charge >= 0.3 is 0 Å². The molecule has 1 atom stereocenters. The van der Waals surface area contributed by atoms with Crippen molar-refractivity contribution >= 4 is 11.6 Å². The van der Waals surface area contributed by atoms with Gasteiger partial charge in [0.05, 0.1) is 18.2 Å². The van der Waals surface area contributed by atoms with E-state index in [0.29, 0.717) is 36.9 Å². The number of carbonyl (C=O) groups excluding carboxylic acids is 1. The van der Waals surface area contributed by atoms with Crippen molar-refractivity contribution in [3.63, 3.8) is 0 Å². The van der Waals surface area contributed by atoms with E-state index in [1.807, 2.05) is 6.07 Å². The molecular formula is C13H18N2O4. The van der Waals surface area contributed by atoms with E-state index in [4.69, 9.17) is 19.9 Å². The van der Waals surface area contributed by atoms with Gasteiger partial charge < -0.3 is 25.3 Å². The number of nitrogens with two attached hydrogens (primary N) is 1. The second-order valence-corrected chi connectivity index (χ2v) is 4.18. The smallest absolute Gasteiger partial charge is 0.227 e. The number of carbonyl (C=O) groups is 1. The number of para-hydroxylation sites is 1. The highest BCUT2D eigenvalue weighted by Crippen LogP contribution is 2.37. The minimum atomic E-state index is -0.281. The fraction of sp³-hybridized carbons (Fsp3) is 0.462. The fourth-order valence-electron chi connectivity index (χ4n) is 1.84. The molecule has 6 nitrogen and oxygen atoms in total. The molecule has 1 aromatic carbocycles. The number of nitrogens with one attached hydrogen (secondary N) is 1. The number of hydrogen-bond donors (Lipinski definition) is 2. The number of fused-ring (bicyclic) bond motifs is 1. The van der Waals surface area contributed by atoms with Crippen molar-refractivity contribution in [1.82, 2.24) is 0 Å². The van der Waals surface area contributed by atoms with Gasteiger partial charge in [-0.3, -0.25) is 4.79 Å². The lowest BCUT2D eigenvalue weighted by Gasteiger charge is -2.21. The lowest BCUT2D eigenvalue weighted by molar-refractivity contribution is -0.118. The molecule has 2 rings (SSSR count). The molecule has 1 aromatic rings. The van der Waals surface area contributed by atoms with Gasteiger partial charge in [0.1, 0.15) is 13.2 Å². The van der Waals surface area contributed by atoms with Gasteiger partial charge in [-0.15, -0.1) is 0 Å². The summed E-state index contributed by atoms with van der Waals surface area (Å²) in [6.45, 7) is 1.29. The number of ether oxygens (including phenoxy) is 3. The molecule has 104 valence electrons. The van der Waals surface area contributed by atoms with Gasteiger partial charge in [0.15, 0.2) is 11.5 Å². The first-order valence-electron chi connectivity index (χ1n) is 6.16. The Hall–Kier alpha value is -1.79.